The molecule has 21 heavy (non-hydrogen) atoms. The fourth-order valence-electron chi connectivity index (χ4n) is 2.31. The first-order valence-electron chi connectivity index (χ1n) is 7.19. The zero-order valence-corrected chi connectivity index (χ0v) is 12.9. The van der Waals surface area contributed by atoms with E-state index in [4.69, 9.17) is 0 Å². The van der Waals surface area contributed by atoms with Gasteiger partial charge in [0.25, 0.3) is 0 Å². The third-order valence-electron chi connectivity index (χ3n) is 3.27. The van der Waals surface area contributed by atoms with Gasteiger partial charge in [0.15, 0.2) is 0 Å². The first kappa shape index (κ1) is 15.2. The van der Waals surface area contributed by atoms with Gasteiger partial charge in [0.05, 0.1) is 0 Å². The van der Waals surface area contributed by atoms with E-state index in [0.29, 0.717) is 12.4 Å². The Balaban J connectivity index is 2.52. The van der Waals surface area contributed by atoms with Crippen LogP contribution in [0.1, 0.15) is 25.2 Å². The normalized spacial score (nSPS) is 10.5. The van der Waals surface area contributed by atoms with E-state index in [0.717, 1.165) is 29.4 Å². The Kier molecular flexibility index (Phi) is 4.73. The van der Waals surface area contributed by atoms with Crippen molar-refractivity contribution in [1.29, 1.82) is 0 Å². The number of nitrogens with one attached hydrogen (secondary N) is 1. The third-order valence-corrected chi connectivity index (χ3v) is 3.27. The van der Waals surface area contributed by atoms with Crippen LogP contribution in [0.25, 0.3) is 0 Å². The van der Waals surface area contributed by atoms with Crippen LogP contribution in [-0.2, 0) is 0 Å². The van der Waals surface area contributed by atoms with Gasteiger partial charge in [-0.05, 0) is 45.9 Å². The smallest absolute Gasteiger partial charge is 0.141 e. The molecular weight excluding hydrogens is 267 g/mol. The molecule has 0 aliphatic carbocycles. The maximum Gasteiger partial charge on any atom is 0.141 e. The second-order valence-electron chi connectivity index (χ2n) is 4.82. The number of aromatic nitrogens is 2. The highest BCUT2D eigenvalue weighted by Crippen LogP contribution is 2.29. The first-order chi connectivity index (χ1) is 10.1. The van der Waals surface area contributed by atoms with Crippen LogP contribution in [0.4, 0.5) is 21.7 Å². The average molecular weight is 288 g/mol. The van der Waals surface area contributed by atoms with E-state index < -0.39 is 0 Å². The Hall–Kier alpha value is -2.17. The highest BCUT2D eigenvalue weighted by Gasteiger charge is 2.16. The van der Waals surface area contributed by atoms with Crippen molar-refractivity contribution in [3.8, 4) is 0 Å². The Labute approximate surface area is 125 Å². The van der Waals surface area contributed by atoms with Crippen LogP contribution in [0, 0.1) is 19.7 Å². The molecule has 2 rings (SSSR count). The van der Waals surface area contributed by atoms with E-state index >= 15 is 0 Å². The van der Waals surface area contributed by atoms with Crippen LogP contribution in [0.3, 0.4) is 0 Å². The lowest BCUT2D eigenvalue weighted by Crippen LogP contribution is -2.20. The lowest BCUT2D eigenvalue weighted by Gasteiger charge is -2.25. The van der Waals surface area contributed by atoms with Crippen molar-refractivity contribution in [1.82, 2.24) is 9.97 Å². The summed E-state index contributed by atoms with van der Waals surface area (Å²) in [6, 6.07) is 6.56. The van der Waals surface area contributed by atoms with E-state index in [1.807, 2.05) is 38.7 Å². The molecule has 0 unspecified atom stereocenters. The summed E-state index contributed by atoms with van der Waals surface area (Å²) in [5.74, 6) is 2.09. The van der Waals surface area contributed by atoms with Gasteiger partial charge in [0.1, 0.15) is 23.3 Å². The lowest BCUT2D eigenvalue weighted by molar-refractivity contribution is 0.627. The molecular formula is C16H21FN4. The molecule has 0 bridgehead atoms. The minimum absolute atomic E-state index is 0.249. The fraction of sp³-hybridized carbons (Fsp3) is 0.375. The number of anilines is 3. The zero-order valence-electron chi connectivity index (χ0n) is 12.9. The van der Waals surface area contributed by atoms with Crippen LogP contribution in [-0.4, -0.2) is 23.1 Å². The van der Waals surface area contributed by atoms with Gasteiger partial charge in [-0.3, -0.25) is 0 Å². The number of rotatable bonds is 5. The fourth-order valence-corrected chi connectivity index (χ4v) is 2.31. The number of hydrogen-bond donors (Lipinski definition) is 1. The van der Waals surface area contributed by atoms with Gasteiger partial charge in [-0.2, -0.15) is 0 Å². The molecule has 0 fully saturated rings. The van der Waals surface area contributed by atoms with Crippen LogP contribution < -0.4 is 10.2 Å². The van der Waals surface area contributed by atoms with Crippen molar-refractivity contribution < 1.29 is 4.39 Å². The SMILES string of the molecule is CCNc1nc(C)nc(N(CC)c2cccc(F)c2)c1C. The molecule has 0 saturated heterocycles. The highest BCUT2D eigenvalue weighted by molar-refractivity contribution is 5.67. The third kappa shape index (κ3) is 3.29. The van der Waals surface area contributed by atoms with Crippen LogP contribution >= 0.6 is 0 Å². The molecule has 1 N–H and O–H groups in total. The Morgan fingerprint density at radius 2 is 1.95 bits per heavy atom. The highest BCUT2D eigenvalue weighted by atomic mass is 19.1. The van der Waals surface area contributed by atoms with Gasteiger partial charge in [-0.15, -0.1) is 0 Å². The molecule has 1 heterocycles. The zero-order chi connectivity index (χ0) is 15.4. The van der Waals surface area contributed by atoms with E-state index in [-0.39, 0.29) is 5.82 Å². The number of aryl methyl sites for hydroxylation is 1. The largest absolute Gasteiger partial charge is 0.370 e. The Morgan fingerprint density at radius 1 is 1.19 bits per heavy atom. The molecule has 0 aliphatic rings. The van der Waals surface area contributed by atoms with E-state index in [9.17, 15) is 4.39 Å². The quantitative estimate of drug-likeness (QED) is 0.908. The van der Waals surface area contributed by atoms with Crippen molar-refractivity contribution in [3.63, 3.8) is 0 Å². The van der Waals surface area contributed by atoms with E-state index in [2.05, 4.69) is 15.3 Å². The summed E-state index contributed by atoms with van der Waals surface area (Å²) in [6.45, 7) is 9.39. The summed E-state index contributed by atoms with van der Waals surface area (Å²) in [7, 11) is 0. The molecule has 0 atom stereocenters. The Bertz CT molecular complexity index is 628. The second kappa shape index (κ2) is 6.52. The summed E-state index contributed by atoms with van der Waals surface area (Å²) in [6.07, 6.45) is 0. The maximum atomic E-state index is 13.5. The predicted molar refractivity (Wildman–Crippen MR) is 84.7 cm³/mol. The first-order valence-corrected chi connectivity index (χ1v) is 7.19. The molecule has 0 radical (unpaired) electrons. The van der Waals surface area contributed by atoms with Crippen molar-refractivity contribution >= 4 is 17.3 Å². The van der Waals surface area contributed by atoms with Crippen molar-refractivity contribution in [3.05, 3.63) is 41.5 Å². The van der Waals surface area contributed by atoms with Gasteiger partial charge < -0.3 is 10.2 Å². The van der Waals surface area contributed by atoms with Gasteiger partial charge in [0.2, 0.25) is 0 Å². The molecule has 1 aromatic carbocycles. The van der Waals surface area contributed by atoms with Crippen molar-refractivity contribution in [2.75, 3.05) is 23.3 Å². The molecule has 0 spiro atoms. The summed E-state index contributed by atoms with van der Waals surface area (Å²) in [4.78, 5) is 11.0. The maximum absolute atomic E-state index is 13.5. The summed E-state index contributed by atoms with van der Waals surface area (Å²) in [5.41, 5.74) is 1.76. The summed E-state index contributed by atoms with van der Waals surface area (Å²) in [5, 5.41) is 3.25. The van der Waals surface area contributed by atoms with Crippen molar-refractivity contribution in [2.45, 2.75) is 27.7 Å². The average Bonchev–Trinajstić information content (AvgIpc) is 2.45. The molecule has 0 saturated carbocycles. The van der Waals surface area contributed by atoms with Gasteiger partial charge in [-0.1, -0.05) is 6.07 Å². The standard InChI is InChI=1S/C16H21FN4/c1-5-18-15-11(3)16(20-12(4)19-15)21(6-2)14-9-7-8-13(17)10-14/h7-10H,5-6H2,1-4H3,(H,18,19,20). The predicted octanol–water partition coefficient (Wildman–Crippen LogP) is 3.82. The van der Waals surface area contributed by atoms with Gasteiger partial charge >= 0.3 is 0 Å². The molecule has 0 amide bonds. The lowest BCUT2D eigenvalue weighted by atomic mass is 10.2. The van der Waals surface area contributed by atoms with Gasteiger partial charge in [-0.25, -0.2) is 14.4 Å². The number of halogens is 1. The van der Waals surface area contributed by atoms with Crippen LogP contribution in [0.5, 0.6) is 0 Å². The summed E-state index contributed by atoms with van der Waals surface area (Å²) >= 11 is 0. The minimum atomic E-state index is -0.249. The van der Waals surface area contributed by atoms with Crippen molar-refractivity contribution in [2.24, 2.45) is 0 Å². The monoisotopic (exact) mass is 288 g/mol. The topological polar surface area (TPSA) is 41.1 Å². The molecule has 5 heteroatoms. The molecule has 2 aromatic rings. The number of hydrogen-bond acceptors (Lipinski definition) is 4. The molecule has 4 nitrogen and oxygen atoms in total. The second-order valence-corrected chi connectivity index (χ2v) is 4.82. The summed E-state index contributed by atoms with van der Waals surface area (Å²) < 4.78 is 13.5. The van der Waals surface area contributed by atoms with Crippen LogP contribution in [0.2, 0.25) is 0 Å². The van der Waals surface area contributed by atoms with E-state index in [1.54, 1.807) is 6.07 Å². The molecule has 1 aromatic heterocycles. The minimum Gasteiger partial charge on any atom is -0.370 e. The van der Waals surface area contributed by atoms with Crippen LogP contribution in [0.15, 0.2) is 24.3 Å². The van der Waals surface area contributed by atoms with Gasteiger partial charge in [0, 0.05) is 24.3 Å². The van der Waals surface area contributed by atoms with E-state index in [1.165, 1.54) is 12.1 Å². The Morgan fingerprint density at radius 3 is 2.57 bits per heavy atom. The number of benzene rings is 1. The molecule has 112 valence electrons. The molecule has 0 aliphatic heterocycles. The number of nitrogens with zero attached hydrogens (tertiary/aromatic N) is 3.